The first-order valence-corrected chi connectivity index (χ1v) is 14.3. The van der Waals surface area contributed by atoms with Gasteiger partial charge in [-0.05, 0) is 94.2 Å². The fourth-order valence-corrected chi connectivity index (χ4v) is 9.11. The second-order valence-corrected chi connectivity index (χ2v) is 13.0. The maximum Gasteiger partial charge on any atom is 0.243 e. The summed E-state index contributed by atoms with van der Waals surface area (Å²) in [5, 5.41) is 1.93. The number of ether oxygens (including phenoxy) is 1. The van der Waals surface area contributed by atoms with Crippen molar-refractivity contribution in [1.82, 2.24) is 9.21 Å². The fraction of sp³-hybridized carbons (Fsp3) is 0.630. The lowest BCUT2D eigenvalue weighted by molar-refractivity contribution is 0.148. The van der Waals surface area contributed by atoms with E-state index in [0.717, 1.165) is 48.4 Å². The molecule has 7 rings (SSSR count). The number of nitrogens with zero attached hydrogens (tertiary/aromatic N) is 2. The Morgan fingerprint density at radius 3 is 2.52 bits per heavy atom. The van der Waals surface area contributed by atoms with Crippen LogP contribution in [0.4, 0.5) is 0 Å². The van der Waals surface area contributed by atoms with E-state index in [0.29, 0.717) is 35.8 Å². The summed E-state index contributed by atoms with van der Waals surface area (Å²) in [7, 11) is -1.38. The van der Waals surface area contributed by atoms with Gasteiger partial charge in [-0.2, -0.15) is 4.31 Å². The predicted molar refractivity (Wildman–Crippen MR) is 131 cm³/mol. The zero-order chi connectivity index (χ0) is 22.6. The van der Waals surface area contributed by atoms with Gasteiger partial charge < -0.3 is 9.64 Å². The summed E-state index contributed by atoms with van der Waals surface area (Å²) < 4.78 is 36.1. The van der Waals surface area contributed by atoms with Crippen molar-refractivity contribution in [3.05, 3.63) is 36.4 Å². The molecule has 6 heteroatoms. The molecule has 0 N–H and O–H groups in total. The van der Waals surface area contributed by atoms with Gasteiger partial charge in [0.15, 0.2) is 0 Å². The summed E-state index contributed by atoms with van der Waals surface area (Å²) in [5.74, 6) is 2.66. The lowest BCUT2D eigenvalue weighted by atomic mass is 9.68. The molecule has 3 atom stereocenters. The second-order valence-electron chi connectivity index (χ2n) is 11.1. The minimum absolute atomic E-state index is 0.167. The Bertz CT molecular complexity index is 1120. The number of sulfonamides is 1. The van der Waals surface area contributed by atoms with Gasteiger partial charge in [-0.25, -0.2) is 8.42 Å². The monoisotopic (exact) mass is 468 g/mol. The van der Waals surface area contributed by atoms with Crippen LogP contribution >= 0.6 is 0 Å². The van der Waals surface area contributed by atoms with Crippen molar-refractivity contribution in [2.75, 3.05) is 26.7 Å². The van der Waals surface area contributed by atoms with Crippen LogP contribution in [0.3, 0.4) is 0 Å². The summed E-state index contributed by atoms with van der Waals surface area (Å²) in [4.78, 5) is 2.81. The van der Waals surface area contributed by atoms with Gasteiger partial charge in [-0.3, -0.25) is 0 Å². The Labute approximate surface area is 198 Å². The molecule has 0 amide bonds. The number of benzene rings is 2. The zero-order valence-corrected chi connectivity index (χ0v) is 20.5. The molecule has 3 saturated heterocycles. The van der Waals surface area contributed by atoms with Crippen molar-refractivity contribution in [1.29, 1.82) is 0 Å². The molecule has 5 fully saturated rings. The SMILES string of the molecule is CN1CCCC1CCOc1cc(S(=O)(=O)N2CC3CC4CC(C3)CC2C4)cc2ccccc12. The standard InChI is InChI=1S/C27H36N2O3S/c1-28-9-4-6-23(28)8-10-32-27-17-25(16-22-5-2-3-7-26(22)27)33(30,31)29-18-21-12-19-11-20(13-21)15-24(29)14-19/h2-3,5,7,16-17,19-21,23-24H,4,6,8-15,18H2,1H3. The molecular formula is C27H36N2O3S. The minimum Gasteiger partial charge on any atom is -0.493 e. The molecule has 4 bridgehead atoms. The molecule has 2 saturated carbocycles. The molecule has 3 aliphatic heterocycles. The average Bonchev–Trinajstić information content (AvgIpc) is 3.09. The van der Waals surface area contributed by atoms with Gasteiger partial charge >= 0.3 is 0 Å². The molecule has 0 aromatic heterocycles. The van der Waals surface area contributed by atoms with Crippen LogP contribution in [0.25, 0.3) is 10.8 Å². The third-order valence-corrected chi connectivity index (χ3v) is 10.7. The van der Waals surface area contributed by atoms with Crippen molar-refractivity contribution in [3.8, 4) is 5.75 Å². The molecule has 3 heterocycles. The summed E-state index contributed by atoms with van der Waals surface area (Å²) in [6.45, 7) is 2.46. The Morgan fingerprint density at radius 1 is 1.00 bits per heavy atom. The van der Waals surface area contributed by atoms with Crippen LogP contribution in [-0.2, 0) is 10.0 Å². The first-order chi connectivity index (χ1) is 16.0. The molecule has 5 nitrogen and oxygen atoms in total. The summed E-state index contributed by atoms with van der Waals surface area (Å²) in [6.07, 6.45) is 9.25. The number of fused-ring (bicyclic) bond motifs is 2. The van der Waals surface area contributed by atoms with Gasteiger partial charge in [0.1, 0.15) is 5.75 Å². The van der Waals surface area contributed by atoms with Gasteiger partial charge in [-0.15, -0.1) is 0 Å². The fourth-order valence-electron chi connectivity index (χ4n) is 7.34. The first-order valence-electron chi connectivity index (χ1n) is 12.8. The molecule has 2 aliphatic carbocycles. The van der Waals surface area contributed by atoms with E-state index in [4.69, 9.17) is 4.74 Å². The highest BCUT2D eigenvalue weighted by Gasteiger charge is 2.46. The molecular weight excluding hydrogens is 432 g/mol. The first kappa shape index (κ1) is 21.9. The van der Waals surface area contributed by atoms with Crippen molar-refractivity contribution in [2.45, 2.75) is 68.3 Å². The highest BCUT2D eigenvalue weighted by molar-refractivity contribution is 7.89. The Kier molecular flexibility index (Phi) is 5.66. The summed E-state index contributed by atoms with van der Waals surface area (Å²) in [5.41, 5.74) is 0. The van der Waals surface area contributed by atoms with Gasteiger partial charge in [-0.1, -0.05) is 24.3 Å². The molecule has 5 aliphatic rings. The highest BCUT2D eigenvalue weighted by Crippen LogP contribution is 2.49. The molecule has 2 aromatic carbocycles. The highest BCUT2D eigenvalue weighted by atomic mass is 32.2. The largest absolute Gasteiger partial charge is 0.493 e. The summed E-state index contributed by atoms with van der Waals surface area (Å²) in [6, 6.07) is 12.4. The third kappa shape index (κ3) is 4.08. The molecule has 3 unspecified atom stereocenters. The maximum atomic E-state index is 14.0. The molecule has 33 heavy (non-hydrogen) atoms. The minimum atomic E-state index is -3.56. The van der Waals surface area contributed by atoms with Gasteiger partial charge in [0.2, 0.25) is 10.0 Å². The van der Waals surface area contributed by atoms with Crippen molar-refractivity contribution >= 4 is 20.8 Å². The van der Waals surface area contributed by atoms with E-state index in [9.17, 15) is 8.42 Å². The van der Waals surface area contributed by atoms with Crippen LogP contribution in [-0.4, -0.2) is 56.5 Å². The van der Waals surface area contributed by atoms with Crippen LogP contribution in [0.15, 0.2) is 41.3 Å². The Hall–Kier alpha value is -1.63. The smallest absolute Gasteiger partial charge is 0.243 e. The van der Waals surface area contributed by atoms with Crippen LogP contribution in [0.5, 0.6) is 5.75 Å². The van der Waals surface area contributed by atoms with Crippen LogP contribution in [0.2, 0.25) is 0 Å². The van der Waals surface area contributed by atoms with Crippen molar-refractivity contribution < 1.29 is 13.2 Å². The Balaban J connectivity index is 1.30. The quantitative estimate of drug-likeness (QED) is 0.605. The Morgan fingerprint density at radius 2 is 1.76 bits per heavy atom. The topological polar surface area (TPSA) is 49.9 Å². The van der Waals surface area contributed by atoms with E-state index >= 15 is 0 Å². The van der Waals surface area contributed by atoms with Gasteiger partial charge in [0.05, 0.1) is 11.5 Å². The third-order valence-electron chi connectivity index (χ3n) is 8.84. The zero-order valence-electron chi connectivity index (χ0n) is 19.7. The van der Waals surface area contributed by atoms with E-state index < -0.39 is 10.0 Å². The lowest BCUT2D eigenvalue weighted by Gasteiger charge is -2.38. The van der Waals surface area contributed by atoms with Gasteiger partial charge in [0.25, 0.3) is 0 Å². The number of hydrogen-bond acceptors (Lipinski definition) is 4. The maximum absolute atomic E-state index is 14.0. The summed E-state index contributed by atoms with van der Waals surface area (Å²) >= 11 is 0. The van der Waals surface area contributed by atoms with Crippen LogP contribution < -0.4 is 4.74 Å². The number of rotatable bonds is 6. The van der Waals surface area contributed by atoms with Crippen LogP contribution in [0.1, 0.15) is 51.4 Å². The van der Waals surface area contributed by atoms with Crippen molar-refractivity contribution in [2.24, 2.45) is 17.8 Å². The van der Waals surface area contributed by atoms with E-state index in [1.807, 2.05) is 34.6 Å². The van der Waals surface area contributed by atoms with E-state index in [1.54, 1.807) is 6.07 Å². The predicted octanol–water partition coefficient (Wildman–Crippen LogP) is 4.90. The molecule has 0 spiro atoms. The van der Waals surface area contributed by atoms with Crippen LogP contribution in [0, 0.1) is 17.8 Å². The van der Waals surface area contributed by atoms with E-state index in [2.05, 4.69) is 11.9 Å². The molecule has 2 aromatic rings. The number of hydrogen-bond donors (Lipinski definition) is 0. The van der Waals surface area contributed by atoms with Gasteiger partial charge in [0, 0.05) is 30.1 Å². The van der Waals surface area contributed by atoms with E-state index in [-0.39, 0.29) is 6.04 Å². The normalized spacial score (nSPS) is 32.5. The second kappa shape index (κ2) is 8.54. The lowest BCUT2D eigenvalue weighted by Crippen LogP contribution is -2.42. The molecule has 178 valence electrons. The number of likely N-dealkylation sites (tertiary alicyclic amines) is 1. The molecule has 0 radical (unpaired) electrons. The van der Waals surface area contributed by atoms with Crippen molar-refractivity contribution in [3.63, 3.8) is 0 Å². The average molecular weight is 469 g/mol. The van der Waals surface area contributed by atoms with E-state index in [1.165, 1.54) is 32.1 Å².